The van der Waals surface area contributed by atoms with Crippen LogP contribution in [0.25, 0.3) is 0 Å². The molecule has 1 heterocycles. The lowest BCUT2D eigenvalue weighted by molar-refractivity contribution is -0.118. The van der Waals surface area contributed by atoms with E-state index in [4.69, 9.17) is 4.74 Å². The molecule has 0 radical (unpaired) electrons. The van der Waals surface area contributed by atoms with Crippen molar-refractivity contribution in [3.8, 4) is 5.75 Å². The molecule has 2 amide bonds. The molecule has 0 atom stereocenters. The minimum absolute atomic E-state index is 0.0742. The summed E-state index contributed by atoms with van der Waals surface area (Å²) in [5.41, 5.74) is 2.20. The smallest absolute Gasteiger partial charge is 0.262 e. The average Bonchev–Trinajstić information content (AvgIpc) is 2.85. The van der Waals surface area contributed by atoms with E-state index in [2.05, 4.69) is 15.5 Å². The van der Waals surface area contributed by atoms with E-state index in [9.17, 15) is 14.0 Å². The number of carbonyl (C=O) groups excluding carboxylic acids is 2. The molecule has 4 rings (SSSR count). The Bertz CT molecular complexity index is 1110. The monoisotopic (exact) mass is 447 g/mol. The van der Waals surface area contributed by atoms with Gasteiger partial charge in [-0.05, 0) is 67.8 Å². The molecule has 6 nitrogen and oxygen atoms in total. The summed E-state index contributed by atoms with van der Waals surface area (Å²) in [6.45, 7) is 1.75. The number of halogens is 1. The number of rotatable bonds is 7. The van der Waals surface area contributed by atoms with Crippen LogP contribution in [0.4, 0.5) is 21.5 Å². The maximum atomic E-state index is 13.7. The number of hydrogen-bond donors (Lipinski definition) is 2. The van der Waals surface area contributed by atoms with Crippen molar-refractivity contribution in [3.05, 3.63) is 84.2 Å². The predicted octanol–water partition coefficient (Wildman–Crippen LogP) is 5.09. The van der Waals surface area contributed by atoms with E-state index in [1.54, 1.807) is 30.3 Å². The summed E-state index contributed by atoms with van der Waals surface area (Å²) in [6, 6.07) is 20.4. The van der Waals surface area contributed by atoms with E-state index < -0.39 is 11.7 Å². The summed E-state index contributed by atoms with van der Waals surface area (Å²) in [5, 5.41) is 5.33. The van der Waals surface area contributed by atoms with Crippen molar-refractivity contribution in [3.63, 3.8) is 0 Å². The van der Waals surface area contributed by atoms with Crippen LogP contribution in [0.3, 0.4) is 0 Å². The molecule has 0 aromatic heterocycles. The molecule has 7 heteroatoms. The molecule has 33 heavy (non-hydrogen) atoms. The summed E-state index contributed by atoms with van der Waals surface area (Å²) in [5.74, 6) is -1.13. The molecule has 0 bridgehead atoms. The zero-order valence-corrected chi connectivity index (χ0v) is 18.2. The van der Waals surface area contributed by atoms with Gasteiger partial charge < -0.3 is 20.3 Å². The van der Waals surface area contributed by atoms with Crippen molar-refractivity contribution >= 4 is 28.9 Å². The number of benzene rings is 3. The normalized spacial score (nSPS) is 13.3. The van der Waals surface area contributed by atoms with Crippen LogP contribution in [0.1, 0.15) is 29.6 Å². The molecule has 0 aliphatic carbocycles. The van der Waals surface area contributed by atoms with Crippen LogP contribution in [-0.4, -0.2) is 31.5 Å². The Morgan fingerprint density at radius 1 is 0.848 bits per heavy atom. The predicted molar refractivity (Wildman–Crippen MR) is 127 cm³/mol. The molecule has 3 aromatic rings. The first-order valence-electron chi connectivity index (χ1n) is 11.0. The highest BCUT2D eigenvalue weighted by Crippen LogP contribution is 2.24. The number of nitrogens with zero attached hydrogens (tertiary/aromatic N) is 1. The second-order valence-electron chi connectivity index (χ2n) is 7.86. The Balaban J connectivity index is 1.36. The van der Waals surface area contributed by atoms with Crippen molar-refractivity contribution in [2.75, 3.05) is 35.2 Å². The molecule has 0 spiro atoms. The molecule has 2 N–H and O–H groups in total. The van der Waals surface area contributed by atoms with E-state index >= 15 is 0 Å². The van der Waals surface area contributed by atoms with Gasteiger partial charge in [0.15, 0.2) is 6.61 Å². The van der Waals surface area contributed by atoms with E-state index in [-0.39, 0.29) is 24.0 Å². The second kappa shape index (κ2) is 10.6. The molecule has 1 saturated heterocycles. The number of nitrogens with one attached hydrogen (secondary N) is 2. The molecule has 1 fully saturated rings. The number of ether oxygens (including phenoxy) is 1. The fourth-order valence-electron chi connectivity index (χ4n) is 3.78. The largest absolute Gasteiger partial charge is 0.483 e. The van der Waals surface area contributed by atoms with E-state index in [1.165, 1.54) is 37.5 Å². The Morgan fingerprint density at radius 2 is 1.55 bits per heavy atom. The minimum atomic E-state index is -0.531. The highest BCUT2D eigenvalue weighted by atomic mass is 19.1. The third-order valence-electron chi connectivity index (χ3n) is 5.48. The molecule has 1 aliphatic rings. The number of hydrogen-bond acceptors (Lipinski definition) is 4. The van der Waals surface area contributed by atoms with E-state index in [1.807, 2.05) is 24.3 Å². The summed E-state index contributed by atoms with van der Waals surface area (Å²) in [7, 11) is 0. The zero-order chi connectivity index (χ0) is 23.0. The van der Waals surface area contributed by atoms with Gasteiger partial charge in [-0.1, -0.05) is 24.3 Å². The third kappa shape index (κ3) is 5.88. The van der Waals surface area contributed by atoms with Gasteiger partial charge in [0.1, 0.15) is 11.6 Å². The van der Waals surface area contributed by atoms with Crippen LogP contribution in [0, 0.1) is 5.82 Å². The Labute approximate surface area is 192 Å². The van der Waals surface area contributed by atoms with Crippen molar-refractivity contribution in [2.24, 2.45) is 0 Å². The Hall–Kier alpha value is -3.87. The summed E-state index contributed by atoms with van der Waals surface area (Å²) >= 11 is 0. The Morgan fingerprint density at radius 3 is 2.30 bits per heavy atom. The van der Waals surface area contributed by atoms with Gasteiger partial charge in [-0.3, -0.25) is 9.59 Å². The Kier molecular flexibility index (Phi) is 7.19. The van der Waals surface area contributed by atoms with Gasteiger partial charge in [0.05, 0.1) is 11.3 Å². The summed E-state index contributed by atoms with van der Waals surface area (Å²) < 4.78 is 19.3. The van der Waals surface area contributed by atoms with Gasteiger partial charge in [-0.2, -0.15) is 0 Å². The topological polar surface area (TPSA) is 70.7 Å². The van der Waals surface area contributed by atoms with Crippen molar-refractivity contribution in [2.45, 2.75) is 19.3 Å². The standard InChI is InChI=1S/C26H26FN3O3/c27-22-9-3-4-10-23(22)29-25(31)18-33-24-11-5-2-8-21(24)26(32)28-19-12-14-20(15-13-19)30-16-6-1-7-17-30/h2-5,8-15H,1,6-7,16-18H2,(H,28,32)(H,29,31). The van der Waals surface area contributed by atoms with Crippen LogP contribution in [0.2, 0.25) is 0 Å². The second-order valence-corrected chi connectivity index (χ2v) is 7.86. The van der Waals surface area contributed by atoms with Crippen LogP contribution in [0.5, 0.6) is 5.75 Å². The molecule has 3 aromatic carbocycles. The maximum absolute atomic E-state index is 13.7. The van der Waals surface area contributed by atoms with Crippen LogP contribution >= 0.6 is 0 Å². The lowest BCUT2D eigenvalue weighted by Crippen LogP contribution is -2.29. The molecule has 170 valence electrons. The van der Waals surface area contributed by atoms with Gasteiger partial charge >= 0.3 is 0 Å². The molecule has 1 aliphatic heterocycles. The van der Waals surface area contributed by atoms with E-state index in [0.717, 1.165) is 18.8 Å². The van der Waals surface area contributed by atoms with Crippen LogP contribution < -0.4 is 20.3 Å². The van der Waals surface area contributed by atoms with Gasteiger partial charge in [-0.15, -0.1) is 0 Å². The van der Waals surface area contributed by atoms with Crippen LogP contribution in [-0.2, 0) is 4.79 Å². The first-order chi connectivity index (χ1) is 16.1. The quantitative estimate of drug-likeness (QED) is 0.530. The number of carbonyl (C=O) groups is 2. The zero-order valence-electron chi connectivity index (χ0n) is 18.2. The first kappa shape index (κ1) is 22.3. The number of anilines is 3. The van der Waals surface area contributed by atoms with Crippen LogP contribution in [0.15, 0.2) is 72.8 Å². The fraction of sp³-hybridized carbons (Fsp3) is 0.231. The molecule has 0 unspecified atom stereocenters. The maximum Gasteiger partial charge on any atom is 0.262 e. The molecular weight excluding hydrogens is 421 g/mol. The van der Waals surface area contributed by atoms with E-state index in [0.29, 0.717) is 11.3 Å². The third-order valence-corrected chi connectivity index (χ3v) is 5.48. The van der Waals surface area contributed by atoms with Gasteiger partial charge in [0, 0.05) is 24.5 Å². The summed E-state index contributed by atoms with van der Waals surface area (Å²) in [6.07, 6.45) is 3.68. The number of amides is 2. The fourth-order valence-corrected chi connectivity index (χ4v) is 3.78. The molecular formula is C26H26FN3O3. The number of para-hydroxylation sites is 2. The van der Waals surface area contributed by atoms with Crippen molar-refractivity contribution < 1.29 is 18.7 Å². The van der Waals surface area contributed by atoms with Gasteiger partial charge in [0.2, 0.25) is 0 Å². The first-order valence-corrected chi connectivity index (χ1v) is 11.0. The highest BCUT2D eigenvalue weighted by molar-refractivity contribution is 6.06. The lowest BCUT2D eigenvalue weighted by Gasteiger charge is -2.28. The summed E-state index contributed by atoms with van der Waals surface area (Å²) in [4.78, 5) is 27.4. The highest BCUT2D eigenvalue weighted by Gasteiger charge is 2.15. The lowest BCUT2D eigenvalue weighted by atomic mass is 10.1. The number of piperidine rings is 1. The van der Waals surface area contributed by atoms with Crippen molar-refractivity contribution in [1.82, 2.24) is 0 Å². The average molecular weight is 448 g/mol. The van der Waals surface area contributed by atoms with Gasteiger partial charge in [0.25, 0.3) is 11.8 Å². The van der Waals surface area contributed by atoms with Gasteiger partial charge in [-0.25, -0.2) is 4.39 Å². The molecule has 0 saturated carbocycles. The minimum Gasteiger partial charge on any atom is -0.483 e. The SMILES string of the molecule is O=C(COc1ccccc1C(=O)Nc1ccc(N2CCCCC2)cc1)Nc1ccccc1F. The van der Waals surface area contributed by atoms with Crippen molar-refractivity contribution in [1.29, 1.82) is 0 Å².